The zero-order valence-electron chi connectivity index (χ0n) is 12.6. The van der Waals surface area contributed by atoms with Crippen LogP contribution in [0.25, 0.3) is 0 Å². The molecule has 1 unspecified atom stereocenters. The smallest absolute Gasteiger partial charge is 0.0629 e. The normalized spacial score (nSPS) is 18.6. The highest BCUT2D eigenvalue weighted by Gasteiger charge is 2.16. The van der Waals surface area contributed by atoms with Crippen LogP contribution in [0.1, 0.15) is 55.5 Å². The Labute approximate surface area is 116 Å². The third kappa shape index (κ3) is 3.47. The van der Waals surface area contributed by atoms with Crippen molar-refractivity contribution in [3.63, 3.8) is 0 Å². The van der Waals surface area contributed by atoms with Gasteiger partial charge in [0.05, 0.1) is 5.69 Å². The van der Waals surface area contributed by atoms with Crippen LogP contribution in [0.5, 0.6) is 0 Å². The van der Waals surface area contributed by atoms with Crippen LogP contribution in [0, 0.1) is 13.8 Å². The van der Waals surface area contributed by atoms with Crippen molar-refractivity contribution in [2.24, 2.45) is 12.8 Å². The van der Waals surface area contributed by atoms with Crippen molar-refractivity contribution in [1.29, 1.82) is 0 Å². The summed E-state index contributed by atoms with van der Waals surface area (Å²) in [6, 6.07) is 0.166. The Balaban J connectivity index is 2.09. The van der Waals surface area contributed by atoms with Crippen molar-refractivity contribution in [3.05, 3.63) is 28.6 Å². The molecule has 106 valence electrons. The molecule has 0 spiro atoms. The summed E-state index contributed by atoms with van der Waals surface area (Å²) in [4.78, 5) is 0. The molecule has 3 nitrogen and oxygen atoms in total. The van der Waals surface area contributed by atoms with Gasteiger partial charge in [0, 0.05) is 18.8 Å². The lowest BCUT2D eigenvalue weighted by molar-refractivity contribution is 0.594. The van der Waals surface area contributed by atoms with Crippen LogP contribution in [0.2, 0.25) is 0 Å². The summed E-state index contributed by atoms with van der Waals surface area (Å²) in [5.41, 5.74) is 11.6. The fourth-order valence-electron chi connectivity index (χ4n) is 3.02. The van der Waals surface area contributed by atoms with E-state index in [9.17, 15) is 0 Å². The molecule has 0 amide bonds. The maximum Gasteiger partial charge on any atom is 0.0629 e. The van der Waals surface area contributed by atoms with Gasteiger partial charge in [-0.25, -0.2) is 0 Å². The second kappa shape index (κ2) is 6.38. The lowest BCUT2D eigenvalue weighted by Crippen LogP contribution is -2.26. The van der Waals surface area contributed by atoms with Gasteiger partial charge in [-0.05, 0) is 51.5 Å². The van der Waals surface area contributed by atoms with E-state index >= 15 is 0 Å². The van der Waals surface area contributed by atoms with Gasteiger partial charge in [0.15, 0.2) is 0 Å². The van der Waals surface area contributed by atoms with Crippen molar-refractivity contribution >= 4 is 0 Å². The molecule has 0 saturated heterocycles. The first kappa shape index (κ1) is 14.3. The average Bonchev–Trinajstić information content (AvgIpc) is 2.55. The fourth-order valence-corrected chi connectivity index (χ4v) is 3.02. The van der Waals surface area contributed by atoms with Gasteiger partial charge in [0.25, 0.3) is 0 Å². The first-order valence-corrected chi connectivity index (χ1v) is 7.53. The van der Waals surface area contributed by atoms with E-state index in [-0.39, 0.29) is 6.04 Å². The van der Waals surface area contributed by atoms with Gasteiger partial charge in [-0.3, -0.25) is 4.68 Å². The number of aromatic nitrogens is 2. The Morgan fingerprint density at radius 3 is 2.68 bits per heavy atom. The molecular weight excluding hydrogens is 234 g/mol. The Hall–Kier alpha value is -1.09. The molecule has 2 rings (SSSR count). The molecule has 0 aliphatic heterocycles. The number of nitrogens with two attached hydrogens (primary N) is 1. The predicted molar refractivity (Wildman–Crippen MR) is 80.1 cm³/mol. The molecule has 1 aliphatic rings. The monoisotopic (exact) mass is 261 g/mol. The van der Waals surface area contributed by atoms with E-state index in [2.05, 4.69) is 25.0 Å². The van der Waals surface area contributed by atoms with Crippen molar-refractivity contribution in [2.45, 2.75) is 64.8 Å². The molecule has 1 atom stereocenters. The zero-order valence-corrected chi connectivity index (χ0v) is 12.6. The molecule has 1 heterocycles. The van der Waals surface area contributed by atoms with Crippen molar-refractivity contribution in [3.8, 4) is 0 Å². The van der Waals surface area contributed by atoms with E-state index in [4.69, 9.17) is 5.73 Å². The van der Waals surface area contributed by atoms with Gasteiger partial charge in [-0.1, -0.05) is 24.5 Å². The Kier molecular flexibility index (Phi) is 4.81. The maximum atomic E-state index is 6.44. The van der Waals surface area contributed by atoms with E-state index < -0.39 is 0 Å². The summed E-state index contributed by atoms with van der Waals surface area (Å²) in [5, 5.41) is 4.48. The Morgan fingerprint density at radius 2 is 2.00 bits per heavy atom. The number of aryl methyl sites for hydroxylation is 2. The second-order valence-corrected chi connectivity index (χ2v) is 5.82. The second-order valence-electron chi connectivity index (χ2n) is 5.82. The molecule has 1 aromatic rings. The summed E-state index contributed by atoms with van der Waals surface area (Å²) in [5.74, 6) is 0. The Morgan fingerprint density at radius 1 is 1.26 bits per heavy atom. The summed E-state index contributed by atoms with van der Waals surface area (Å²) >= 11 is 0. The number of allylic oxidation sites excluding steroid dienone is 1. The number of hydrogen-bond acceptors (Lipinski definition) is 2. The van der Waals surface area contributed by atoms with Crippen LogP contribution in [0.15, 0.2) is 11.6 Å². The number of hydrogen-bond donors (Lipinski definition) is 1. The van der Waals surface area contributed by atoms with E-state index in [1.165, 1.54) is 55.4 Å². The first-order valence-electron chi connectivity index (χ1n) is 7.53. The maximum absolute atomic E-state index is 6.44. The molecule has 0 aromatic carbocycles. The Bertz CT molecular complexity index is 457. The number of nitrogens with zero attached hydrogens (tertiary/aromatic N) is 2. The van der Waals surface area contributed by atoms with Crippen LogP contribution in [-0.2, 0) is 13.5 Å². The number of rotatable bonds is 3. The predicted octanol–water partition coefficient (Wildman–Crippen LogP) is 3.19. The van der Waals surface area contributed by atoms with Gasteiger partial charge < -0.3 is 5.73 Å². The highest BCUT2D eigenvalue weighted by molar-refractivity contribution is 5.28. The largest absolute Gasteiger partial charge is 0.324 e. The topological polar surface area (TPSA) is 43.8 Å². The van der Waals surface area contributed by atoms with Gasteiger partial charge in [0.2, 0.25) is 0 Å². The summed E-state index contributed by atoms with van der Waals surface area (Å²) in [6.07, 6.45) is 11.1. The summed E-state index contributed by atoms with van der Waals surface area (Å²) in [6.45, 7) is 4.22. The van der Waals surface area contributed by atoms with E-state index in [1.54, 1.807) is 0 Å². The molecule has 1 aromatic heterocycles. The summed E-state index contributed by atoms with van der Waals surface area (Å²) in [7, 11) is 2.01. The molecule has 19 heavy (non-hydrogen) atoms. The minimum Gasteiger partial charge on any atom is -0.324 e. The van der Waals surface area contributed by atoms with Gasteiger partial charge in [-0.2, -0.15) is 5.10 Å². The van der Waals surface area contributed by atoms with E-state index in [1.807, 2.05) is 11.7 Å². The standard InChI is InChI=1S/C16H27N3/c1-12-15(13(2)19(3)18-12)11-16(17)14-9-7-5-4-6-8-10-14/h9,16H,4-8,10-11,17H2,1-3H3. The van der Waals surface area contributed by atoms with Gasteiger partial charge >= 0.3 is 0 Å². The molecule has 0 fully saturated rings. The highest BCUT2D eigenvalue weighted by Crippen LogP contribution is 2.22. The average molecular weight is 261 g/mol. The molecule has 3 heteroatoms. The van der Waals surface area contributed by atoms with E-state index in [0.717, 1.165) is 12.1 Å². The van der Waals surface area contributed by atoms with Crippen LogP contribution in [-0.4, -0.2) is 15.8 Å². The van der Waals surface area contributed by atoms with Crippen molar-refractivity contribution in [2.75, 3.05) is 0 Å². The molecular formula is C16H27N3. The summed E-state index contributed by atoms with van der Waals surface area (Å²) < 4.78 is 1.96. The third-order valence-electron chi connectivity index (χ3n) is 4.39. The van der Waals surface area contributed by atoms with Crippen LogP contribution < -0.4 is 5.73 Å². The quantitative estimate of drug-likeness (QED) is 0.849. The third-order valence-corrected chi connectivity index (χ3v) is 4.39. The molecule has 0 radical (unpaired) electrons. The van der Waals surface area contributed by atoms with Crippen LogP contribution >= 0.6 is 0 Å². The fraction of sp³-hybridized carbons (Fsp3) is 0.688. The lowest BCUT2D eigenvalue weighted by atomic mass is 9.91. The van der Waals surface area contributed by atoms with E-state index in [0.29, 0.717) is 0 Å². The molecule has 0 bridgehead atoms. The lowest BCUT2D eigenvalue weighted by Gasteiger charge is -2.18. The minimum absolute atomic E-state index is 0.166. The SMILES string of the molecule is Cc1nn(C)c(C)c1CC(N)C1=CCCCCCC1. The van der Waals surface area contributed by atoms with Crippen LogP contribution in [0.4, 0.5) is 0 Å². The van der Waals surface area contributed by atoms with Gasteiger partial charge in [0.1, 0.15) is 0 Å². The van der Waals surface area contributed by atoms with Crippen LogP contribution in [0.3, 0.4) is 0 Å². The minimum atomic E-state index is 0.166. The zero-order chi connectivity index (χ0) is 13.8. The molecule has 0 saturated carbocycles. The molecule has 1 aliphatic carbocycles. The highest BCUT2D eigenvalue weighted by atomic mass is 15.3. The van der Waals surface area contributed by atoms with Gasteiger partial charge in [-0.15, -0.1) is 0 Å². The van der Waals surface area contributed by atoms with Crippen molar-refractivity contribution in [1.82, 2.24) is 9.78 Å². The van der Waals surface area contributed by atoms with Crippen molar-refractivity contribution < 1.29 is 0 Å². The first-order chi connectivity index (χ1) is 9.09. The molecule has 2 N–H and O–H groups in total.